The Labute approximate surface area is 105 Å². The Kier molecular flexibility index (Phi) is 5.63. The van der Waals surface area contributed by atoms with E-state index < -0.39 is 17.6 Å². The molecule has 1 aromatic rings. The molecule has 0 heterocycles. The fourth-order valence-electron chi connectivity index (χ4n) is 1.08. The second kappa shape index (κ2) is 5.97. The number of nitrogens with zero attached hydrogens (tertiary/aromatic N) is 1. The minimum absolute atomic E-state index is 0. The molecule has 3 N–H and O–H groups in total. The number of nitro groups is 1. The van der Waals surface area contributed by atoms with Crippen LogP contribution in [0, 0.1) is 10.1 Å². The quantitative estimate of drug-likeness (QED) is 0.662. The van der Waals surface area contributed by atoms with E-state index in [4.69, 9.17) is 5.73 Å². The van der Waals surface area contributed by atoms with E-state index in [1.54, 1.807) is 0 Å². The normalized spacial score (nSPS) is 11.7. The van der Waals surface area contributed by atoms with Crippen molar-refractivity contribution in [1.29, 1.82) is 0 Å². The van der Waals surface area contributed by atoms with Crippen LogP contribution in [-0.4, -0.2) is 16.7 Å². The highest BCUT2D eigenvalue weighted by Gasteiger charge is 2.19. The van der Waals surface area contributed by atoms with Crippen molar-refractivity contribution in [3.63, 3.8) is 0 Å². The van der Waals surface area contributed by atoms with E-state index in [1.807, 2.05) is 0 Å². The van der Waals surface area contributed by atoms with Gasteiger partial charge in [0.1, 0.15) is 12.4 Å². The number of nitrogens with two attached hydrogens (primary N) is 1. The summed E-state index contributed by atoms with van der Waals surface area (Å²) in [6, 6.07) is 1.12. The van der Waals surface area contributed by atoms with Crippen molar-refractivity contribution in [3.8, 4) is 5.75 Å². The molecule has 1 atom stereocenters. The third-order valence-electron chi connectivity index (χ3n) is 1.85. The Balaban J connectivity index is 0.00000225. The smallest absolute Gasteiger partial charge is 0.271 e. The zero-order valence-corrected chi connectivity index (χ0v) is 10.3. The largest absolute Gasteiger partial charge is 0.506 e. The van der Waals surface area contributed by atoms with E-state index in [0.29, 0.717) is 0 Å². The van der Waals surface area contributed by atoms with E-state index >= 15 is 0 Å². The van der Waals surface area contributed by atoms with Crippen molar-refractivity contribution >= 4 is 34.0 Å². The molecule has 0 aromatic heterocycles. The number of alkyl halides is 1. The third kappa shape index (κ3) is 3.03. The Morgan fingerprint density at radius 3 is 2.62 bits per heavy atom. The molecule has 0 aliphatic heterocycles. The lowest BCUT2D eigenvalue weighted by atomic mass is 10.1. The van der Waals surface area contributed by atoms with Gasteiger partial charge in [-0.1, -0.05) is 0 Å². The highest BCUT2D eigenvalue weighted by atomic mass is 79.9. The predicted octanol–water partition coefficient (Wildman–Crippen LogP) is 2.45. The summed E-state index contributed by atoms with van der Waals surface area (Å²) in [5.74, 6) is -0.272. The number of non-ortho nitro benzene ring substituents is 1. The van der Waals surface area contributed by atoms with Crippen LogP contribution >= 0.6 is 28.3 Å². The first-order valence-corrected chi connectivity index (χ1v) is 4.75. The molecule has 0 radical (unpaired) electrons. The molecule has 0 aliphatic rings. The summed E-state index contributed by atoms with van der Waals surface area (Å²) in [5.41, 5.74) is 5.12. The van der Waals surface area contributed by atoms with Crippen LogP contribution in [0.1, 0.15) is 11.6 Å². The van der Waals surface area contributed by atoms with E-state index in [9.17, 15) is 19.6 Å². The van der Waals surface area contributed by atoms with E-state index in [2.05, 4.69) is 15.9 Å². The van der Waals surface area contributed by atoms with Crippen molar-refractivity contribution in [2.24, 2.45) is 5.73 Å². The van der Waals surface area contributed by atoms with Crippen LogP contribution in [0.15, 0.2) is 16.6 Å². The molecule has 5 nitrogen and oxygen atoms in total. The predicted molar refractivity (Wildman–Crippen MR) is 62.6 cm³/mol. The number of phenolic OH excluding ortho intramolecular Hbond substituents is 1. The van der Waals surface area contributed by atoms with Crippen LogP contribution in [-0.2, 0) is 0 Å². The molecule has 90 valence electrons. The molecule has 0 aliphatic carbocycles. The molecule has 1 aromatic carbocycles. The van der Waals surface area contributed by atoms with Crippen molar-refractivity contribution in [2.45, 2.75) is 6.04 Å². The summed E-state index contributed by atoms with van der Waals surface area (Å²) in [5, 5.41) is 20.0. The Bertz CT molecular complexity index is 405. The van der Waals surface area contributed by atoms with Gasteiger partial charge in [0.25, 0.3) is 5.69 Å². The van der Waals surface area contributed by atoms with E-state index in [0.717, 1.165) is 12.1 Å². The van der Waals surface area contributed by atoms with Gasteiger partial charge < -0.3 is 10.8 Å². The summed E-state index contributed by atoms with van der Waals surface area (Å²) in [6.07, 6.45) is 0. The number of phenols is 1. The highest BCUT2D eigenvalue weighted by molar-refractivity contribution is 9.10. The number of aromatic hydroxyl groups is 1. The average Bonchev–Trinajstić information content (AvgIpc) is 2.20. The SMILES string of the molecule is Cl.N[C@@H](CF)c1cc([N+](=O)[O-])cc(Br)c1O. The molecular formula is C8H9BrClFN2O3. The molecule has 0 saturated carbocycles. The lowest BCUT2D eigenvalue weighted by Gasteiger charge is -2.10. The maximum absolute atomic E-state index is 12.3. The summed E-state index contributed by atoms with van der Waals surface area (Å²) in [6.45, 7) is -0.902. The number of halogens is 3. The lowest BCUT2D eigenvalue weighted by molar-refractivity contribution is -0.385. The van der Waals surface area contributed by atoms with Gasteiger partial charge >= 0.3 is 0 Å². The Hall–Kier alpha value is -0.920. The first kappa shape index (κ1) is 15.1. The fourth-order valence-corrected chi connectivity index (χ4v) is 1.54. The number of rotatable bonds is 3. The minimum Gasteiger partial charge on any atom is -0.506 e. The van der Waals surface area contributed by atoms with Crippen molar-refractivity contribution in [3.05, 3.63) is 32.3 Å². The van der Waals surface area contributed by atoms with Crippen LogP contribution in [0.2, 0.25) is 0 Å². The van der Waals surface area contributed by atoms with Gasteiger partial charge in [-0.25, -0.2) is 4.39 Å². The van der Waals surface area contributed by atoms with Gasteiger partial charge in [0.15, 0.2) is 0 Å². The molecule has 0 fully saturated rings. The molecule has 16 heavy (non-hydrogen) atoms. The number of hydrogen-bond acceptors (Lipinski definition) is 4. The molecular weight excluding hydrogens is 306 g/mol. The Morgan fingerprint density at radius 1 is 1.62 bits per heavy atom. The average molecular weight is 316 g/mol. The maximum Gasteiger partial charge on any atom is 0.271 e. The van der Waals surface area contributed by atoms with Gasteiger partial charge in [-0.15, -0.1) is 12.4 Å². The van der Waals surface area contributed by atoms with Crippen LogP contribution in [0.4, 0.5) is 10.1 Å². The van der Waals surface area contributed by atoms with Crippen molar-refractivity contribution in [1.82, 2.24) is 0 Å². The highest BCUT2D eigenvalue weighted by Crippen LogP contribution is 2.35. The van der Waals surface area contributed by atoms with Gasteiger partial charge in [-0.2, -0.15) is 0 Å². The maximum atomic E-state index is 12.3. The molecule has 0 unspecified atom stereocenters. The van der Waals surface area contributed by atoms with Gasteiger partial charge in [0.05, 0.1) is 15.4 Å². The Morgan fingerprint density at radius 2 is 2.19 bits per heavy atom. The van der Waals surface area contributed by atoms with Gasteiger partial charge in [0.2, 0.25) is 0 Å². The second-order valence-corrected chi connectivity index (χ2v) is 3.74. The topological polar surface area (TPSA) is 89.4 Å². The molecule has 0 saturated heterocycles. The second-order valence-electron chi connectivity index (χ2n) is 2.88. The molecule has 0 bridgehead atoms. The summed E-state index contributed by atoms with van der Waals surface area (Å²) in [7, 11) is 0. The van der Waals surface area contributed by atoms with Gasteiger partial charge in [-0.05, 0) is 15.9 Å². The molecule has 0 amide bonds. The number of nitro benzene ring substituents is 1. The van der Waals surface area contributed by atoms with Crippen LogP contribution in [0.3, 0.4) is 0 Å². The third-order valence-corrected chi connectivity index (χ3v) is 2.46. The van der Waals surface area contributed by atoms with E-state index in [-0.39, 0.29) is 33.9 Å². The zero-order valence-electron chi connectivity index (χ0n) is 7.89. The summed E-state index contributed by atoms with van der Waals surface area (Å²) in [4.78, 5) is 9.86. The van der Waals surface area contributed by atoms with Crippen molar-refractivity contribution in [2.75, 3.05) is 6.67 Å². The molecule has 1 rings (SSSR count). The van der Waals surface area contributed by atoms with E-state index in [1.165, 1.54) is 0 Å². The summed E-state index contributed by atoms with van der Waals surface area (Å²) >= 11 is 2.93. The lowest BCUT2D eigenvalue weighted by Crippen LogP contribution is -2.12. The van der Waals surface area contributed by atoms with Crippen molar-refractivity contribution < 1.29 is 14.4 Å². The first-order valence-electron chi connectivity index (χ1n) is 3.95. The van der Waals surface area contributed by atoms with Crippen LogP contribution in [0.5, 0.6) is 5.75 Å². The monoisotopic (exact) mass is 314 g/mol. The minimum atomic E-state index is -1.07. The zero-order chi connectivity index (χ0) is 11.6. The van der Waals surface area contributed by atoms with Gasteiger partial charge in [0, 0.05) is 17.7 Å². The van der Waals surface area contributed by atoms with Crippen LogP contribution < -0.4 is 5.73 Å². The standard InChI is InChI=1S/C8H8BrFN2O3.ClH/c9-6-2-4(12(14)15)1-5(8(6)13)7(11)3-10;/h1-2,7,13H,3,11H2;1H/t7-;/m0./s1. The molecule has 8 heteroatoms. The first-order chi connectivity index (χ1) is 6.97. The van der Waals surface area contributed by atoms with Gasteiger partial charge in [-0.3, -0.25) is 10.1 Å². The molecule has 0 spiro atoms. The number of benzene rings is 1. The summed E-state index contributed by atoms with van der Waals surface area (Å²) < 4.78 is 12.4. The van der Waals surface area contributed by atoms with Crippen LogP contribution in [0.25, 0.3) is 0 Å². The number of hydrogen-bond donors (Lipinski definition) is 2. The fraction of sp³-hybridized carbons (Fsp3) is 0.250.